The molecule has 1 nitrogen and oxygen atoms in total. The predicted octanol–water partition coefficient (Wildman–Crippen LogP) is 4.02. The summed E-state index contributed by atoms with van der Waals surface area (Å²) in [6, 6.07) is 6.03. The van der Waals surface area contributed by atoms with Crippen LogP contribution in [0.2, 0.25) is 0 Å². The molecule has 88 valence electrons. The van der Waals surface area contributed by atoms with Gasteiger partial charge in [0.2, 0.25) is 0 Å². The lowest BCUT2D eigenvalue weighted by Crippen LogP contribution is -2.04. The first-order valence-corrected chi connectivity index (χ1v) is 6.77. The minimum atomic E-state index is 0.269. The molecule has 0 N–H and O–H groups in total. The van der Waals surface area contributed by atoms with Gasteiger partial charge in [0.25, 0.3) is 0 Å². The van der Waals surface area contributed by atoms with Crippen molar-refractivity contribution in [3.63, 3.8) is 0 Å². The summed E-state index contributed by atoms with van der Waals surface area (Å²) in [5.74, 6) is 1.19. The van der Waals surface area contributed by atoms with Crippen LogP contribution in [-0.4, -0.2) is 16.8 Å². The maximum Gasteiger partial charge on any atom is 0.163 e. The third-order valence-electron chi connectivity index (χ3n) is 2.46. The van der Waals surface area contributed by atoms with Crippen molar-refractivity contribution in [3.8, 4) is 0 Å². The quantitative estimate of drug-likeness (QED) is 0.718. The van der Waals surface area contributed by atoms with Gasteiger partial charge in [0.1, 0.15) is 0 Å². The fourth-order valence-electron chi connectivity index (χ4n) is 1.65. The molecule has 16 heavy (non-hydrogen) atoms. The molecule has 0 saturated heterocycles. The normalized spacial score (nSPS) is 10.8. The van der Waals surface area contributed by atoms with Crippen molar-refractivity contribution in [3.05, 3.63) is 34.9 Å². The lowest BCUT2D eigenvalue weighted by atomic mass is 10.0. The summed E-state index contributed by atoms with van der Waals surface area (Å²) >= 11 is 1.84. The van der Waals surface area contributed by atoms with Crippen molar-refractivity contribution >= 4 is 17.5 Å². The summed E-state index contributed by atoms with van der Waals surface area (Å²) in [4.78, 5) is 11.9. The molecule has 0 amide bonds. The molecule has 1 rings (SSSR count). The molecule has 0 bridgehead atoms. The molecule has 0 spiro atoms. The van der Waals surface area contributed by atoms with Gasteiger partial charge in [-0.15, -0.1) is 0 Å². The summed E-state index contributed by atoms with van der Waals surface area (Å²) in [7, 11) is 0. The van der Waals surface area contributed by atoms with Gasteiger partial charge in [-0.1, -0.05) is 37.6 Å². The van der Waals surface area contributed by atoms with E-state index in [-0.39, 0.29) is 5.78 Å². The Morgan fingerprint density at radius 1 is 1.31 bits per heavy atom. The van der Waals surface area contributed by atoms with Crippen molar-refractivity contribution in [2.24, 2.45) is 0 Å². The van der Waals surface area contributed by atoms with Crippen LogP contribution in [0.15, 0.2) is 18.2 Å². The number of carbonyl (C=O) groups is 1. The topological polar surface area (TPSA) is 17.1 Å². The van der Waals surface area contributed by atoms with E-state index < -0.39 is 0 Å². The van der Waals surface area contributed by atoms with Gasteiger partial charge >= 0.3 is 0 Å². The SMILES string of the molecule is Cc1ccc(C(=O)CCSC(C)C)c(C)c1. The van der Waals surface area contributed by atoms with Crippen LogP contribution in [-0.2, 0) is 0 Å². The van der Waals surface area contributed by atoms with E-state index in [2.05, 4.69) is 26.8 Å². The number of thioether (sulfide) groups is 1. The zero-order chi connectivity index (χ0) is 12.1. The smallest absolute Gasteiger partial charge is 0.163 e. The molecule has 1 aromatic rings. The van der Waals surface area contributed by atoms with Gasteiger partial charge in [0.05, 0.1) is 0 Å². The molecule has 0 aromatic heterocycles. The van der Waals surface area contributed by atoms with Crippen LogP contribution in [0.4, 0.5) is 0 Å². The van der Waals surface area contributed by atoms with Crippen LogP contribution in [0.1, 0.15) is 41.8 Å². The minimum absolute atomic E-state index is 0.269. The van der Waals surface area contributed by atoms with Gasteiger partial charge in [-0.2, -0.15) is 11.8 Å². The number of carbonyl (C=O) groups excluding carboxylic acids is 1. The molecular formula is C14H20OS. The Hall–Kier alpha value is -0.760. The van der Waals surface area contributed by atoms with Crippen molar-refractivity contribution in [1.82, 2.24) is 0 Å². The maximum absolute atomic E-state index is 11.9. The molecule has 1 aromatic carbocycles. The highest BCUT2D eigenvalue weighted by Crippen LogP contribution is 2.16. The van der Waals surface area contributed by atoms with Crippen molar-refractivity contribution in [1.29, 1.82) is 0 Å². The molecule has 0 unspecified atom stereocenters. The number of rotatable bonds is 5. The second kappa shape index (κ2) is 6.09. The third-order valence-corrected chi connectivity index (χ3v) is 3.57. The number of ketones is 1. The van der Waals surface area contributed by atoms with Crippen molar-refractivity contribution < 1.29 is 4.79 Å². The molecule has 0 saturated carbocycles. The predicted molar refractivity (Wildman–Crippen MR) is 72.5 cm³/mol. The highest BCUT2D eigenvalue weighted by Gasteiger charge is 2.09. The standard InChI is InChI=1S/C14H20OS/c1-10(2)16-8-7-14(15)13-6-5-11(3)9-12(13)4/h5-6,9-10H,7-8H2,1-4H3. The van der Waals surface area contributed by atoms with E-state index in [9.17, 15) is 4.79 Å². The Labute approximate surface area is 103 Å². The van der Waals surface area contributed by atoms with Crippen LogP contribution >= 0.6 is 11.8 Å². The zero-order valence-corrected chi connectivity index (χ0v) is 11.4. The Bertz CT molecular complexity index is 369. The molecule has 0 radical (unpaired) electrons. The van der Waals surface area contributed by atoms with Crippen molar-refractivity contribution in [2.45, 2.75) is 39.4 Å². The fraction of sp³-hybridized carbons (Fsp3) is 0.500. The summed E-state index contributed by atoms with van der Waals surface area (Å²) in [6.07, 6.45) is 0.646. The molecule has 0 aliphatic heterocycles. The number of hydrogen-bond donors (Lipinski definition) is 0. The molecule has 0 aliphatic carbocycles. The monoisotopic (exact) mass is 236 g/mol. The van der Waals surface area contributed by atoms with Gasteiger partial charge in [0.15, 0.2) is 5.78 Å². The first-order valence-electron chi connectivity index (χ1n) is 5.72. The summed E-state index contributed by atoms with van der Waals surface area (Å²) < 4.78 is 0. The highest BCUT2D eigenvalue weighted by atomic mass is 32.2. The summed E-state index contributed by atoms with van der Waals surface area (Å²) in [6.45, 7) is 8.38. The molecule has 2 heteroatoms. The minimum Gasteiger partial charge on any atom is -0.294 e. The largest absolute Gasteiger partial charge is 0.294 e. The van der Waals surface area contributed by atoms with Crippen LogP contribution in [0.5, 0.6) is 0 Å². The maximum atomic E-state index is 11.9. The first kappa shape index (κ1) is 13.3. The average Bonchev–Trinajstić information content (AvgIpc) is 2.16. The van der Waals surface area contributed by atoms with Gasteiger partial charge < -0.3 is 0 Å². The lowest BCUT2D eigenvalue weighted by Gasteiger charge is -2.07. The molecule has 0 atom stereocenters. The average molecular weight is 236 g/mol. The zero-order valence-electron chi connectivity index (χ0n) is 10.5. The second-order valence-electron chi connectivity index (χ2n) is 4.41. The van der Waals surface area contributed by atoms with Crippen LogP contribution in [0.25, 0.3) is 0 Å². The number of Topliss-reactive ketones (excluding diaryl/α,β-unsaturated/α-hetero) is 1. The fourth-order valence-corrected chi connectivity index (χ4v) is 2.42. The number of hydrogen-bond acceptors (Lipinski definition) is 2. The van der Waals surface area contributed by atoms with Crippen LogP contribution < -0.4 is 0 Å². The summed E-state index contributed by atoms with van der Waals surface area (Å²) in [5, 5.41) is 0.604. The Morgan fingerprint density at radius 3 is 2.56 bits per heavy atom. The van der Waals surface area contributed by atoms with E-state index in [1.165, 1.54) is 5.56 Å². The molecule has 0 aliphatic rings. The van der Waals surface area contributed by atoms with Gasteiger partial charge in [-0.25, -0.2) is 0 Å². The van der Waals surface area contributed by atoms with E-state index in [0.717, 1.165) is 16.9 Å². The Kier molecular flexibility index (Phi) is 5.07. The van der Waals surface area contributed by atoms with Crippen LogP contribution in [0.3, 0.4) is 0 Å². The van der Waals surface area contributed by atoms with Crippen molar-refractivity contribution in [2.75, 3.05) is 5.75 Å². The first-order chi connectivity index (χ1) is 7.50. The molecular weight excluding hydrogens is 216 g/mol. The highest BCUT2D eigenvalue weighted by molar-refractivity contribution is 7.99. The van der Waals surface area contributed by atoms with E-state index in [0.29, 0.717) is 11.7 Å². The van der Waals surface area contributed by atoms with Gasteiger partial charge in [-0.05, 0) is 24.7 Å². The summed E-state index contributed by atoms with van der Waals surface area (Å²) in [5.41, 5.74) is 3.19. The molecule has 0 fully saturated rings. The number of aryl methyl sites for hydroxylation is 2. The Balaban J connectivity index is 2.59. The third kappa shape index (κ3) is 4.01. The lowest BCUT2D eigenvalue weighted by molar-refractivity contribution is 0.0989. The van der Waals surface area contributed by atoms with E-state index in [1.807, 2.05) is 30.8 Å². The Morgan fingerprint density at radius 2 is 2.00 bits per heavy atom. The van der Waals surface area contributed by atoms with E-state index >= 15 is 0 Å². The number of benzene rings is 1. The van der Waals surface area contributed by atoms with E-state index in [4.69, 9.17) is 0 Å². The second-order valence-corrected chi connectivity index (χ2v) is 6.10. The van der Waals surface area contributed by atoms with Gasteiger partial charge in [0, 0.05) is 17.7 Å². The van der Waals surface area contributed by atoms with Crippen LogP contribution in [0, 0.1) is 13.8 Å². The molecule has 0 heterocycles. The van der Waals surface area contributed by atoms with Gasteiger partial charge in [-0.3, -0.25) is 4.79 Å². The van der Waals surface area contributed by atoms with E-state index in [1.54, 1.807) is 0 Å².